The number of benzene rings is 1. The Bertz CT molecular complexity index is 716. The fourth-order valence-corrected chi connectivity index (χ4v) is 2.81. The minimum atomic E-state index is -0.296. The molecule has 28 heavy (non-hydrogen) atoms. The number of nitrogens with one attached hydrogen (secondary N) is 2. The van der Waals surface area contributed by atoms with Crippen LogP contribution in [0.2, 0.25) is 0 Å². The molecule has 154 valence electrons. The summed E-state index contributed by atoms with van der Waals surface area (Å²) in [5.74, 6) is 2.70. The number of aromatic nitrogens is 1. The number of guanidine groups is 1. The van der Waals surface area contributed by atoms with E-state index in [1.807, 2.05) is 30.8 Å². The van der Waals surface area contributed by atoms with Crippen LogP contribution in [0.4, 0.5) is 4.39 Å². The standard InChI is InChI=1S/C20H27FN4OS.HI/c1-3-22-20(24-11-4-5-13-27-2)25-15-16-10-12-23-19(14-16)26-18-8-6-17(21)7-9-18;/h6-10,12,14H,3-5,11,13,15H2,1-2H3,(H2,22,24,25);1H. The molecule has 2 aromatic rings. The van der Waals surface area contributed by atoms with Gasteiger partial charge >= 0.3 is 0 Å². The van der Waals surface area contributed by atoms with Crippen LogP contribution in [0.3, 0.4) is 0 Å². The Labute approximate surface area is 188 Å². The fraction of sp³-hybridized carbons (Fsp3) is 0.400. The Hall–Kier alpha value is -1.55. The second-order valence-electron chi connectivity index (χ2n) is 5.88. The van der Waals surface area contributed by atoms with Crippen molar-refractivity contribution < 1.29 is 9.13 Å². The van der Waals surface area contributed by atoms with Crippen LogP contribution in [0.1, 0.15) is 25.3 Å². The number of thioether (sulfide) groups is 1. The van der Waals surface area contributed by atoms with Crippen LogP contribution in [-0.2, 0) is 6.54 Å². The highest BCUT2D eigenvalue weighted by Gasteiger charge is 2.02. The average molecular weight is 518 g/mol. The van der Waals surface area contributed by atoms with E-state index in [9.17, 15) is 4.39 Å². The third-order valence-electron chi connectivity index (χ3n) is 3.67. The minimum absolute atomic E-state index is 0. The molecule has 0 saturated heterocycles. The first-order valence-electron chi connectivity index (χ1n) is 9.10. The summed E-state index contributed by atoms with van der Waals surface area (Å²) < 4.78 is 18.7. The van der Waals surface area contributed by atoms with Gasteiger partial charge in [0.15, 0.2) is 5.96 Å². The molecule has 2 rings (SSSR count). The largest absolute Gasteiger partial charge is 0.439 e. The van der Waals surface area contributed by atoms with Crippen LogP contribution in [0.5, 0.6) is 11.6 Å². The van der Waals surface area contributed by atoms with Crippen molar-refractivity contribution in [3.63, 3.8) is 0 Å². The smallest absolute Gasteiger partial charge is 0.219 e. The van der Waals surface area contributed by atoms with Gasteiger partial charge in [-0.3, -0.25) is 0 Å². The lowest BCUT2D eigenvalue weighted by molar-refractivity contribution is 0.460. The van der Waals surface area contributed by atoms with Crippen molar-refractivity contribution in [3.8, 4) is 11.6 Å². The van der Waals surface area contributed by atoms with Gasteiger partial charge in [-0.05, 0) is 67.7 Å². The van der Waals surface area contributed by atoms with Crippen molar-refractivity contribution in [2.24, 2.45) is 4.99 Å². The molecule has 0 spiro atoms. The van der Waals surface area contributed by atoms with Crippen LogP contribution in [0.25, 0.3) is 0 Å². The van der Waals surface area contributed by atoms with E-state index in [4.69, 9.17) is 4.74 Å². The topological polar surface area (TPSA) is 58.5 Å². The average Bonchev–Trinajstić information content (AvgIpc) is 2.68. The van der Waals surface area contributed by atoms with Crippen LogP contribution in [0, 0.1) is 5.82 Å². The summed E-state index contributed by atoms with van der Waals surface area (Å²) in [6.45, 7) is 4.28. The Morgan fingerprint density at radius 2 is 1.96 bits per heavy atom. The van der Waals surface area contributed by atoms with Gasteiger partial charge in [-0.15, -0.1) is 24.0 Å². The van der Waals surface area contributed by atoms with E-state index >= 15 is 0 Å². The molecule has 1 aromatic heterocycles. The molecule has 0 bridgehead atoms. The van der Waals surface area contributed by atoms with Gasteiger partial charge < -0.3 is 15.4 Å². The summed E-state index contributed by atoms with van der Waals surface area (Å²) in [5, 5.41) is 6.61. The number of halogens is 2. The molecular formula is C20H28FIN4OS. The number of nitrogens with zero attached hydrogens (tertiary/aromatic N) is 2. The van der Waals surface area contributed by atoms with Gasteiger partial charge in [-0.25, -0.2) is 14.4 Å². The molecular weight excluding hydrogens is 490 g/mol. The zero-order valence-corrected chi connectivity index (χ0v) is 19.4. The molecule has 0 aliphatic heterocycles. The molecule has 1 aromatic carbocycles. The van der Waals surface area contributed by atoms with E-state index in [2.05, 4.69) is 26.9 Å². The molecule has 0 fully saturated rings. The van der Waals surface area contributed by atoms with Crippen molar-refractivity contribution in [2.75, 3.05) is 25.1 Å². The maximum atomic E-state index is 13.0. The van der Waals surface area contributed by atoms with Gasteiger partial charge in [-0.1, -0.05) is 0 Å². The number of aliphatic imine (C=N–C) groups is 1. The first-order valence-corrected chi connectivity index (χ1v) is 10.5. The third-order valence-corrected chi connectivity index (χ3v) is 4.36. The summed E-state index contributed by atoms with van der Waals surface area (Å²) >= 11 is 1.87. The van der Waals surface area contributed by atoms with Crippen molar-refractivity contribution in [1.82, 2.24) is 15.6 Å². The highest BCUT2D eigenvalue weighted by molar-refractivity contribution is 14.0. The number of pyridine rings is 1. The van der Waals surface area contributed by atoms with Gasteiger partial charge in [-0.2, -0.15) is 11.8 Å². The Morgan fingerprint density at radius 1 is 1.18 bits per heavy atom. The number of hydrogen-bond donors (Lipinski definition) is 2. The number of unbranched alkanes of at least 4 members (excludes halogenated alkanes) is 1. The zero-order valence-electron chi connectivity index (χ0n) is 16.3. The lowest BCUT2D eigenvalue weighted by Crippen LogP contribution is -2.37. The highest BCUT2D eigenvalue weighted by Crippen LogP contribution is 2.20. The number of ether oxygens (including phenoxy) is 1. The monoisotopic (exact) mass is 518 g/mol. The van der Waals surface area contributed by atoms with Crippen molar-refractivity contribution in [2.45, 2.75) is 26.3 Å². The van der Waals surface area contributed by atoms with Gasteiger partial charge in [0.05, 0.1) is 6.54 Å². The first-order chi connectivity index (χ1) is 13.2. The molecule has 0 amide bonds. The van der Waals surface area contributed by atoms with E-state index in [0.29, 0.717) is 18.2 Å². The van der Waals surface area contributed by atoms with E-state index in [1.54, 1.807) is 18.3 Å². The molecule has 5 nitrogen and oxygen atoms in total. The van der Waals surface area contributed by atoms with Crippen molar-refractivity contribution >= 4 is 41.7 Å². The summed E-state index contributed by atoms with van der Waals surface area (Å²) in [7, 11) is 0. The van der Waals surface area contributed by atoms with Crippen molar-refractivity contribution in [1.29, 1.82) is 0 Å². The van der Waals surface area contributed by atoms with E-state index < -0.39 is 0 Å². The summed E-state index contributed by atoms with van der Waals surface area (Å²) in [6, 6.07) is 9.62. The Kier molecular flexibility index (Phi) is 12.6. The number of hydrogen-bond acceptors (Lipinski definition) is 4. The summed E-state index contributed by atoms with van der Waals surface area (Å²) in [5.41, 5.74) is 0.988. The molecule has 0 aliphatic rings. The SMILES string of the molecule is CCNC(=NCc1ccnc(Oc2ccc(F)cc2)c1)NCCCCSC.I. The maximum absolute atomic E-state index is 13.0. The van der Waals surface area contributed by atoms with Crippen LogP contribution >= 0.6 is 35.7 Å². The maximum Gasteiger partial charge on any atom is 0.219 e. The van der Waals surface area contributed by atoms with Crippen LogP contribution in [-0.4, -0.2) is 36.0 Å². The highest BCUT2D eigenvalue weighted by atomic mass is 127. The van der Waals surface area contributed by atoms with Crippen LogP contribution < -0.4 is 15.4 Å². The predicted octanol–water partition coefficient (Wildman–Crippen LogP) is 4.83. The molecule has 0 saturated carbocycles. The first kappa shape index (κ1) is 24.5. The molecule has 0 atom stereocenters. The van der Waals surface area contributed by atoms with Crippen LogP contribution in [0.15, 0.2) is 47.6 Å². The predicted molar refractivity (Wildman–Crippen MR) is 127 cm³/mol. The van der Waals surface area contributed by atoms with Gasteiger partial charge in [0.1, 0.15) is 11.6 Å². The molecule has 1 heterocycles. The quantitative estimate of drug-likeness (QED) is 0.204. The van der Waals surface area contributed by atoms with E-state index in [-0.39, 0.29) is 29.8 Å². The minimum Gasteiger partial charge on any atom is -0.439 e. The van der Waals surface area contributed by atoms with E-state index in [1.165, 1.54) is 24.3 Å². The van der Waals surface area contributed by atoms with E-state index in [0.717, 1.165) is 31.0 Å². The molecule has 2 N–H and O–H groups in total. The van der Waals surface area contributed by atoms with Crippen molar-refractivity contribution in [3.05, 3.63) is 54.0 Å². The third kappa shape index (κ3) is 9.59. The summed E-state index contributed by atoms with van der Waals surface area (Å²) in [6.07, 6.45) is 6.13. The van der Waals surface area contributed by atoms with Gasteiger partial charge in [0.2, 0.25) is 5.88 Å². The lowest BCUT2D eigenvalue weighted by Gasteiger charge is -2.11. The fourth-order valence-electron chi connectivity index (χ4n) is 2.32. The van der Waals surface area contributed by atoms with Gasteiger partial charge in [0.25, 0.3) is 0 Å². The van der Waals surface area contributed by atoms with Gasteiger partial charge in [0, 0.05) is 25.4 Å². The Morgan fingerprint density at radius 3 is 2.68 bits per heavy atom. The normalized spacial score (nSPS) is 10.9. The zero-order chi connectivity index (χ0) is 19.3. The Balaban J connectivity index is 0.00000392. The molecule has 0 radical (unpaired) electrons. The molecule has 8 heteroatoms. The second kappa shape index (κ2) is 14.4. The lowest BCUT2D eigenvalue weighted by atomic mass is 10.2. The molecule has 0 aliphatic carbocycles. The number of rotatable bonds is 10. The molecule has 0 unspecified atom stereocenters. The summed E-state index contributed by atoms with van der Waals surface area (Å²) in [4.78, 5) is 8.82. The second-order valence-corrected chi connectivity index (χ2v) is 6.87.